The zero-order valence-electron chi connectivity index (χ0n) is 20.4. The molecule has 4 aromatic rings. The lowest BCUT2D eigenvalue weighted by molar-refractivity contribution is -0.119. The van der Waals surface area contributed by atoms with E-state index in [0.717, 1.165) is 9.99 Å². The number of aromatic nitrogens is 2. The molecule has 0 spiro atoms. The highest BCUT2D eigenvalue weighted by molar-refractivity contribution is 7.92. The number of nitrogens with one attached hydrogen (secondary N) is 1. The van der Waals surface area contributed by atoms with E-state index in [0.29, 0.717) is 11.3 Å². The minimum Gasteiger partial charge on any atom is -0.495 e. The van der Waals surface area contributed by atoms with E-state index in [4.69, 9.17) is 27.9 Å². The number of nitrogens with zero attached hydrogens (tertiary/aromatic N) is 4. The Bertz CT molecular complexity index is 1580. The number of rotatable bonds is 9. The smallest absolute Gasteiger partial charge is 0.264 e. The lowest BCUT2D eigenvalue weighted by Crippen LogP contribution is -2.39. The summed E-state index contributed by atoms with van der Waals surface area (Å²) in [6.07, 6.45) is 1.36. The number of para-hydroxylation sites is 1. The molecule has 196 valence electrons. The van der Waals surface area contributed by atoms with Crippen LogP contribution in [-0.2, 0) is 14.8 Å². The van der Waals surface area contributed by atoms with Crippen molar-refractivity contribution in [2.45, 2.75) is 11.8 Å². The maximum atomic E-state index is 13.6. The van der Waals surface area contributed by atoms with E-state index in [1.807, 2.05) is 37.3 Å². The van der Waals surface area contributed by atoms with Gasteiger partial charge in [0.15, 0.2) is 5.15 Å². The summed E-state index contributed by atoms with van der Waals surface area (Å²) in [5.74, 6) is -0.479. The van der Waals surface area contributed by atoms with Crippen LogP contribution in [0.15, 0.2) is 88.9 Å². The fourth-order valence-corrected chi connectivity index (χ4v) is 5.53. The normalized spacial score (nSPS) is 11.5. The molecule has 0 radical (unpaired) electrons. The third kappa shape index (κ3) is 5.83. The van der Waals surface area contributed by atoms with Gasteiger partial charge >= 0.3 is 0 Å². The predicted molar refractivity (Wildman–Crippen MR) is 148 cm³/mol. The van der Waals surface area contributed by atoms with Crippen molar-refractivity contribution in [3.05, 3.63) is 100 Å². The number of carbonyl (C=O) groups is 1. The minimum atomic E-state index is -4.17. The Morgan fingerprint density at radius 3 is 2.39 bits per heavy atom. The first-order chi connectivity index (χ1) is 18.2. The average Bonchev–Trinajstić information content (AvgIpc) is 3.21. The average molecular weight is 572 g/mol. The maximum absolute atomic E-state index is 13.6. The van der Waals surface area contributed by atoms with Crippen LogP contribution in [-0.4, -0.2) is 44.0 Å². The summed E-state index contributed by atoms with van der Waals surface area (Å²) < 4.78 is 35.0. The third-order valence-electron chi connectivity index (χ3n) is 5.53. The molecule has 0 atom stereocenters. The highest BCUT2D eigenvalue weighted by Crippen LogP contribution is 2.34. The second-order valence-corrected chi connectivity index (χ2v) is 10.6. The van der Waals surface area contributed by atoms with Crippen LogP contribution in [0.4, 0.5) is 5.69 Å². The molecule has 9 nitrogen and oxygen atoms in total. The topological polar surface area (TPSA) is 106 Å². The summed E-state index contributed by atoms with van der Waals surface area (Å²) in [5.41, 5.74) is 4.49. The van der Waals surface area contributed by atoms with Crippen LogP contribution in [0.25, 0.3) is 5.69 Å². The second kappa shape index (κ2) is 11.7. The summed E-state index contributed by atoms with van der Waals surface area (Å²) >= 11 is 12.5. The second-order valence-electron chi connectivity index (χ2n) is 7.97. The van der Waals surface area contributed by atoms with Crippen molar-refractivity contribution in [2.75, 3.05) is 18.0 Å². The molecule has 12 heteroatoms. The Balaban J connectivity index is 1.60. The number of halogens is 2. The lowest BCUT2D eigenvalue weighted by atomic mass is 10.2. The van der Waals surface area contributed by atoms with Gasteiger partial charge < -0.3 is 4.74 Å². The summed E-state index contributed by atoms with van der Waals surface area (Å²) in [5, 5.41) is 8.78. The van der Waals surface area contributed by atoms with Crippen molar-refractivity contribution in [1.82, 2.24) is 15.2 Å². The van der Waals surface area contributed by atoms with Gasteiger partial charge in [0.05, 0.1) is 40.9 Å². The summed E-state index contributed by atoms with van der Waals surface area (Å²) in [7, 11) is -2.77. The number of hydrogen-bond acceptors (Lipinski definition) is 6. The SMILES string of the molecule is COc1ccc(Cl)cc1N(CC(=O)N/N=C\c1c(Cl)nn(-c2ccccc2)c1C)S(=O)(=O)c1ccccc1. The molecule has 1 heterocycles. The Morgan fingerprint density at radius 1 is 1.08 bits per heavy atom. The lowest BCUT2D eigenvalue weighted by Gasteiger charge is -2.25. The van der Waals surface area contributed by atoms with Gasteiger partial charge in [0.25, 0.3) is 15.9 Å². The first kappa shape index (κ1) is 27.2. The number of sulfonamides is 1. The monoisotopic (exact) mass is 571 g/mol. The molecule has 1 amide bonds. The van der Waals surface area contributed by atoms with E-state index < -0.39 is 22.5 Å². The summed E-state index contributed by atoms with van der Waals surface area (Å²) in [6.45, 7) is 1.22. The van der Waals surface area contributed by atoms with E-state index in [9.17, 15) is 13.2 Å². The molecule has 0 fully saturated rings. The molecule has 1 aromatic heterocycles. The number of carbonyl (C=O) groups excluding carboxylic acids is 1. The van der Waals surface area contributed by atoms with E-state index >= 15 is 0 Å². The number of benzene rings is 3. The Morgan fingerprint density at radius 2 is 1.74 bits per heavy atom. The van der Waals surface area contributed by atoms with Crippen molar-refractivity contribution >= 4 is 51.0 Å². The van der Waals surface area contributed by atoms with Crippen LogP contribution in [0.3, 0.4) is 0 Å². The van der Waals surface area contributed by atoms with Gasteiger partial charge in [0, 0.05) is 5.02 Å². The molecular formula is C26H23Cl2N5O4S. The quantitative estimate of drug-likeness (QED) is 0.228. The van der Waals surface area contributed by atoms with Gasteiger partial charge in [-0.15, -0.1) is 0 Å². The molecule has 0 unspecified atom stereocenters. The molecule has 0 saturated heterocycles. The molecule has 0 saturated carbocycles. The van der Waals surface area contributed by atoms with Gasteiger partial charge in [-0.1, -0.05) is 59.6 Å². The first-order valence-electron chi connectivity index (χ1n) is 11.3. The molecule has 0 bridgehead atoms. The molecule has 1 N–H and O–H groups in total. The van der Waals surface area contributed by atoms with Crippen molar-refractivity contribution in [1.29, 1.82) is 0 Å². The van der Waals surface area contributed by atoms with Crippen LogP contribution in [0.2, 0.25) is 10.2 Å². The highest BCUT2D eigenvalue weighted by Gasteiger charge is 2.29. The standard InChI is InChI=1S/C26H23Cl2N5O4S/c1-18-22(26(28)31-33(18)20-9-5-3-6-10-20)16-29-30-25(34)17-32(23-15-19(27)13-14-24(23)37-2)38(35,36)21-11-7-4-8-12-21/h3-16H,17H2,1-2H3,(H,30,34)/b29-16-. The van der Waals surface area contributed by atoms with Gasteiger partial charge in [-0.05, 0) is 49.4 Å². The van der Waals surface area contributed by atoms with Crippen molar-refractivity contribution in [2.24, 2.45) is 5.10 Å². The number of hydrazone groups is 1. The fourth-order valence-electron chi connectivity index (χ4n) is 3.66. The Kier molecular flexibility index (Phi) is 8.35. The van der Waals surface area contributed by atoms with Crippen LogP contribution in [0.1, 0.15) is 11.3 Å². The molecule has 0 aliphatic carbocycles. The molecule has 3 aromatic carbocycles. The summed E-state index contributed by atoms with van der Waals surface area (Å²) in [4.78, 5) is 12.9. The van der Waals surface area contributed by atoms with Crippen LogP contribution in [0.5, 0.6) is 5.75 Å². The number of amides is 1. The molecule has 0 aliphatic rings. The van der Waals surface area contributed by atoms with Crippen molar-refractivity contribution < 1.29 is 17.9 Å². The van der Waals surface area contributed by atoms with Gasteiger partial charge in [-0.2, -0.15) is 10.2 Å². The van der Waals surface area contributed by atoms with Crippen molar-refractivity contribution in [3.63, 3.8) is 0 Å². The van der Waals surface area contributed by atoms with Gasteiger partial charge in [-0.3, -0.25) is 9.10 Å². The predicted octanol–water partition coefficient (Wildman–Crippen LogP) is 4.84. The van der Waals surface area contributed by atoms with Crippen molar-refractivity contribution in [3.8, 4) is 11.4 Å². The van der Waals surface area contributed by atoms with E-state index in [1.54, 1.807) is 28.9 Å². The van der Waals surface area contributed by atoms with Gasteiger partial charge in [0.2, 0.25) is 0 Å². The summed E-state index contributed by atoms with van der Waals surface area (Å²) in [6, 6.07) is 21.6. The van der Waals surface area contributed by atoms with E-state index in [1.165, 1.54) is 37.6 Å². The molecule has 0 aliphatic heterocycles. The number of methoxy groups -OCH3 is 1. The third-order valence-corrected chi connectivity index (χ3v) is 7.82. The van der Waals surface area contributed by atoms with Crippen LogP contribution < -0.4 is 14.5 Å². The number of hydrogen-bond donors (Lipinski definition) is 1. The molecular weight excluding hydrogens is 549 g/mol. The molecule has 38 heavy (non-hydrogen) atoms. The fraction of sp³-hybridized carbons (Fsp3) is 0.115. The molecule has 4 rings (SSSR count). The number of anilines is 1. The Labute approximate surface area is 230 Å². The van der Waals surface area contributed by atoms with Crippen LogP contribution in [0, 0.1) is 6.92 Å². The minimum absolute atomic E-state index is 0.00550. The van der Waals surface area contributed by atoms with Gasteiger partial charge in [0.1, 0.15) is 12.3 Å². The maximum Gasteiger partial charge on any atom is 0.264 e. The van der Waals surface area contributed by atoms with Crippen LogP contribution >= 0.6 is 23.2 Å². The highest BCUT2D eigenvalue weighted by atomic mass is 35.5. The number of ether oxygens (including phenoxy) is 1. The zero-order valence-corrected chi connectivity index (χ0v) is 22.7. The van der Waals surface area contributed by atoms with E-state index in [-0.39, 0.29) is 26.5 Å². The first-order valence-corrected chi connectivity index (χ1v) is 13.5. The Hall–Kier alpha value is -3.86. The zero-order chi connectivity index (χ0) is 27.3. The largest absolute Gasteiger partial charge is 0.495 e. The van der Waals surface area contributed by atoms with Gasteiger partial charge in [-0.25, -0.2) is 18.5 Å². The van der Waals surface area contributed by atoms with E-state index in [2.05, 4.69) is 15.6 Å².